The first-order chi connectivity index (χ1) is 10.5. The molecule has 0 heterocycles. The van der Waals surface area contributed by atoms with Gasteiger partial charge in [-0.05, 0) is 47.2 Å². The van der Waals surface area contributed by atoms with Crippen LogP contribution in [0.2, 0.25) is 0 Å². The van der Waals surface area contributed by atoms with E-state index < -0.39 is 0 Å². The molecular weight excluding hydrogens is 339 g/mol. The molecule has 0 saturated heterocycles. The molecule has 0 bridgehead atoms. The molecule has 23 heavy (non-hydrogen) atoms. The third-order valence-electron chi connectivity index (χ3n) is 3.29. The zero-order chi connectivity index (χ0) is 16.5. The van der Waals surface area contributed by atoms with E-state index in [1.807, 2.05) is 24.3 Å². The van der Waals surface area contributed by atoms with E-state index in [2.05, 4.69) is 37.5 Å². The van der Waals surface area contributed by atoms with Gasteiger partial charge in [0.2, 0.25) is 0 Å². The first kappa shape index (κ1) is 21.5. The maximum atomic E-state index is 9.91. The molecule has 0 unspecified atom stereocenters. The van der Waals surface area contributed by atoms with Gasteiger partial charge in [-0.3, -0.25) is 0 Å². The molecule has 0 atom stereocenters. The van der Waals surface area contributed by atoms with E-state index in [4.69, 9.17) is 0 Å². The molecule has 127 valence electrons. The van der Waals surface area contributed by atoms with Crippen LogP contribution in [0.5, 0.6) is 11.5 Å². The number of hydrogen-bond acceptors (Lipinski definition) is 4. The Balaban J connectivity index is 0.000000403. The van der Waals surface area contributed by atoms with Crippen molar-refractivity contribution in [2.45, 2.75) is 39.5 Å². The van der Waals surface area contributed by atoms with E-state index in [9.17, 15) is 10.5 Å². The Bertz CT molecular complexity index is 484. The summed E-state index contributed by atoms with van der Waals surface area (Å²) < 4.78 is 0. The van der Waals surface area contributed by atoms with Crippen molar-refractivity contribution in [2.75, 3.05) is 0 Å². The van der Waals surface area contributed by atoms with E-state index in [-0.39, 0.29) is 16.8 Å². The first-order valence-corrected chi connectivity index (χ1v) is 7.27. The molecule has 5 heteroatoms. The van der Waals surface area contributed by atoms with Gasteiger partial charge in [-0.25, -0.2) is 0 Å². The van der Waals surface area contributed by atoms with Crippen LogP contribution in [0.4, 0.5) is 0 Å². The van der Waals surface area contributed by atoms with Crippen molar-refractivity contribution in [3.63, 3.8) is 0 Å². The van der Waals surface area contributed by atoms with Crippen LogP contribution in [0.25, 0.3) is 0 Å². The number of benzene rings is 2. The monoisotopic (exact) mass is 361 g/mol. The summed E-state index contributed by atoms with van der Waals surface area (Å²) in [7, 11) is 0. The number of rotatable bonds is 4. The summed E-state index contributed by atoms with van der Waals surface area (Å²) in [5.41, 5.74) is 2.43. The van der Waals surface area contributed by atoms with E-state index in [1.165, 1.54) is 11.1 Å². The molecule has 1 radical (unpaired) electrons. The van der Waals surface area contributed by atoms with Crippen molar-refractivity contribution in [1.29, 1.82) is 0 Å². The average molecular weight is 361 g/mol. The van der Waals surface area contributed by atoms with Crippen molar-refractivity contribution in [3.05, 3.63) is 59.7 Å². The largest absolute Gasteiger partial charge is 2.00 e. The fourth-order valence-electron chi connectivity index (χ4n) is 1.82. The summed E-state index contributed by atoms with van der Waals surface area (Å²) in [4.78, 5) is 7.60. The van der Waals surface area contributed by atoms with E-state index >= 15 is 0 Å². The van der Waals surface area contributed by atoms with Crippen LogP contribution in [0, 0.1) is 0 Å². The molecule has 0 fully saturated rings. The Kier molecular flexibility index (Phi) is 10.3. The summed E-state index contributed by atoms with van der Waals surface area (Å²) in [6.07, 6.45) is 0. The summed E-state index contributed by atoms with van der Waals surface area (Å²) in [5.74, 6) is 1.73. The van der Waals surface area contributed by atoms with Crippen molar-refractivity contribution in [3.8, 4) is 11.5 Å². The standard InChI is InChI=1S/2C9H12O2.Co/c2*1-7(2)8-3-5-9(11-10)6-4-8;/h2*3-7,10H,1-2H3;/q;;+2/p-2. The molecule has 2 aromatic rings. The maximum Gasteiger partial charge on any atom is 2.00 e. The molecule has 0 N–H and O–H groups in total. The van der Waals surface area contributed by atoms with Gasteiger partial charge in [0.05, 0.1) is 0 Å². The zero-order valence-corrected chi connectivity index (χ0v) is 14.8. The summed E-state index contributed by atoms with van der Waals surface area (Å²) in [5, 5.41) is 19.8. The van der Waals surface area contributed by atoms with Crippen LogP contribution in [0.1, 0.15) is 50.7 Å². The molecule has 0 saturated carbocycles. The number of hydrogen-bond donors (Lipinski definition) is 0. The summed E-state index contributed by atoms with van der Waals surface area (Å²) in [6.45, 7) is 8.42. The summed E-state index contributed by atoms with van der Waals surface area (Å²) in [6, 6.07) is 14.3. The minimum atomic E-state index is 0. The first-order valence-electron chi connectivity index (χ1n) is 7.27. The Labute approximate surface area is 148 Å². The Morgan fingerprint density at radius 2 is 0.870 bits per heavy atom. The second kappa shape index (κ2) is 11.1. The smallest absolute Gasteiger partial charge is 0.664 e. The minimum Gasteiger partial charge on any atom is -0.664 e. The van der Waals surface area contributed by atoms with E-state index in [1.54, 1.807) is 24.3 Å². The molecule has 2 aromatic carbocycles. The van der Waals surface area contributed by atoms with Gasteiger partial charge in [-0.1, -0.05) is 52.0 Å². The fraction of sp³-hybridized carbons (Fsp3) is 0.333. The predicted molar refractivity (Wildman–Crippen MR) is 82.3 cm³/mol. The van der Waals surface area contributed by atoms with Gasteiger partial charge in [0.15, 0.2) is 0 Å². The molecular formula is C18H22CoO4. The van der Waals surface area contributed by atoms with Crippen molar-refractivity contribution < 1.29 is 37.1 Å². The minimum absolute atomic E-state index is 0. The SMILES string of the molecule is CC(C)c1ccc(O[O-])cc1.CC(C)c1ccc(O[O-])cc1.[Co+2]. The average Bonchev–Trinajstić information content (AvgIpc) is 2.55. The third-order valence-corrected chi connectivity index (χ3v) is 3.29. The van der Waals surface area contributed by atoms with Crippen LogP contribution in [-0.4, -0.2) is 0 Å². The summed E-state index contributed by atoms with van der Waals surface area (Å²) >= 11 is 0. The quantitative estimate of drug-likeness (QED) is 0.620. The Morgan fingerprint density at radius 3 is 1.04 bits per heavy atom. The van der Waals surface area contributed by atoms with Gasteiger partial charge in [-0.15, -0.1) is 0 Å². The molecule has 0 aliphatic heterocycles. The van der Waals surface area contributed by atoms with Crippen LogP contribution < -0.4 is 20.3 Å². The third kappa shape index (κ3) is 7.52. The van der Waals surface area contributed by atoms with Crippen LogP contribution in [-0.2, 0) is 16.8 Å². The van der Waals surface area contributed by atoms with Crippen LogP contribution >= 0.6 is 0 Å². The normalized spacial score (nSPS) is 9.74. The molecule has 0 amide bonds. The van der Waals surface area contributed by atoms with Gasteiger partial charge in [0.25, 0.3) is 0 Å². The van der Waals surface area contributed by atoms with Crippen molar-refractivity contribution in [2.24, 2.45) is 0 Å². The van der Waals surface area contributed by atoms with E-state index in [0.717, 1.165) is 0 Å². The van der Waals surface area contributed by atoms with Gasteiger partial charge in [0, 0.05) is 0 Å². The van der Waals surface area contributed by atoms with Gasteiger partial charge in [0.1, 0.15) is 11.5 Å². The second-order valence-corrected chi connectivity index (χ2v) is 5.61. The van der Waals surface area contributed by atoms with Crippen LogP contribution in [0.15, 0.2) is 48.5 Å². The topological polar surface area (TPSA) is 64.6 Å². The Morgan fingerprint density at radius 1 is 0.609 bits per heavy atom. The van der Waals surface area contributed by atoms with Gasteiger partial charge in [-0.2, -0.15) is 0 Å². The fourth-order valence-corrected chi connectivity index (χ4v) is 1.82. The molecule has 0 spiro atoms. The zero-order valence-electron chi connectivity index (χ0n) is 13.7. The second-order valence-electron chi connectivity index (χ2n) is 5.61. The van der Waals surface area contributed by atoms with Gasteiger partial charge < -0.3 is 20.3 Å². The maximum absolute atomic E-state index is 9.91. The van der Waals surface area contributed by atoms with Crippen LogP contribution in [0.3, 0.4) is 0 Å². The Hall–Kier alpha value is -1.53. The van der Waals surface area contributed by atoms with Crippen molar-refractivity contribution in [1.82, 2.24) is 0 Å². The molecule has 2 rings (SSSR count). The molecule has 4 nitrogen and oxygen atoms in total. The van der Waals surface area contributed by atoms with Crippen molar-refractivity contribution >= 4 is 0 Å². The van der Waals surface area contributed by atoms with Gasteiger partial charge >= 0.3 is 16.8 Å². The molecule has 0 aliphatic rings. The predicted octanol–water partition coefficient (Wildman–Crippen LogP) is 2.93. The molecule has 0 aromatic heterocycles. The van der Waals surface area contributed by atoms with E-state index in [0.29, 0.717) is 23.3 Å². The molecule has 0 aliphatic carbocycles.